The minimum Gasteiger partial charge on any atom is -0.424 e. The molecule has 0 aliphatic carbocycles. The molecular formula is C21H23FO2. The van der Waals surface area contributed by atoms with Crippen LogP contribution in [-0.4, -0.2) is 5.97 Å². The summed E-state index contributed by atoms with van der Waals surface area (Å²) in [6.07, 6.45) is 7.25. The van der Waals surface area contributed by atoms with Crippen molar-refractivity contribution in [2.75, 3.05) is 0 Å². The Balaban J connectivity index is 4.78. The lowest BCUT2D eigenvalue weighted by atomic mass is 10.1. The van der Waals surface area contributed by atoms with E-state index in [1.165, 1.54) is 24.3 Å². The third-order valence-electron chi connectivity index (χ3n) is 2.57. The quantitative estimate of drug-likeness (QED) is 0.231. The minimum absolute atomic E-state index is 0.0677. The van der Waals surface area contributed by atoms with Crippen molar-refractivity contribution in [2.45, 2.75) is 13.8 Å². The van der Waals surface area contributed by atoms with Gasteiger partial charge in [0.15, 0.2) is 0 Å². The molecule has 24 heavy (non-hydrogen) atoms. The van der Waals surface area contributed by atoms with Crippen molar-refractivity contribution in [2.24, 2.45) is 0 Å². The van der Waals surface area contributed by atoms with Gasteiger partial charge in [-0.15, -0.1) is 0 Å². The van der Waals surface area contributed by atoms with Crippen LogP contribution in [0.4, 0.5) is 4.39 Å². The van der Waals surface area contributed by atoms with Crippen molar-refractivity contribution < 1.29 is 13.9 Å². The van der Waals surface area contributed by atoms with Gasteiger partial charge in [-0.05, 0) is 37.6 Å². The Kier molecular flexibility index (Phi) is 8.73. The molecule has 0 aromatic carbocycles. The van der Waals surface area contributed by atoms with Gasteiger partial charge in [0, 0.05) is 5.57 Å². The van der Waals surface area contributed by atoms with Crippen LogP contribution in [0.2, 0.25) is 0 Å². The Morgan fingerprint density at radius 1 is 0.833 bits per heavy atom. The number of carbonyl (C=O) groups is 1. The smallest absolute Gasteiger partial charge is 0.342 e. The van der Waals surface area contributed by atoms with E-state index in [4.69, 9.17) is 4.74 Å². The van der Waals surface area contributed by atoms with Gasteiger partial charge >= 0.3 is 5.97 Å². The van der Waals surface area contributed by atoms with E-state index in [1.54, 1.807) is 19.9 Å². The zero-order valence-corrected chi connectivity index (χ0v) is 14.3. The lowest BCUT2D eigenvalue weighted by Gasteiger charge is -2.05. The molecule has 0 spiro atoms. The topological polar surface area (TPSA) is 26.3 Å². The normalized spacial score (nSPS) is 11.4. The van der Waals surface area contributed by atoms with E-state index in [0.29, 0.717) is 11.1 Å². The Morgan fingerprint density at radius 3 is 1.88 bits per heavy atom. The highest BCUT2D eigenvalue weighted by Crippen LogP contribution is 2.20. The third kappa shape index (κ3) is 8.49. The Hall–Kier alpha value is -2.94. The average molecular weight is 326 g/mol. The first-order chi connectivity index (χ1) is 11.0. The molecule has 0 amide bonds. The van der Waals surface area contributed by atoms with Gasteiger partial charge in [-0.3, -0.25) is 0 Å². The summed E-state index contributed by atoms with van der Waals surface area (Å²) in [4.78, 5) is 11.8. The van der Waals surface area contributed by atoms with Gasteiger partial charge in [0.05, 0.1) is 5.57 Å². The molecule has 0 fully saturated rings. The molecule has 0 aliphatic rings. The third-order valence-corrected chi connectivity index (χ3v) is 2.57. The van der Waals surface area contributed by atoms with Crippen molar-refractivity contribution in [1.82, 2.24) is 0 Å². The molecule has 0 bridgehead atoms. The Labute approximate surface area is 143 Å². The second-order valence-electron chi connectivity index (χ2n) is 5.24. The predicted molar refractivity (Wildman–Crippen MR) is 99.8 cm³/mol. The maximum Gasteiger partial charge on any atom is 0.342 e. The second kappa shape index (κ2) is 9.95. The number of halogens is 1. The van der Waals surface area contributed by atoms with Crippen LogP contribution >= 0.6 is 0 Å². The predicted octanol–water partition coefficient (Wildman–Crippen LogP) is 5.83. The van der Waals surface area contributed by atoms with Crippen LogP contribution in [0.5, 0.6) is 0 Å². The monoisotopic (exact) mass is 326 g/mol. The Bertz CT molecular complexity index is 697. The zero-order chi connectivity index (χ0) is 18.9. The minimum atomic E-state index is -0.668. The maximum absolute atomic E-state index is 13.8. The first-order valence-corrected chi connectivity index (χ1v) is 7.07. The van der Waals surface area contributed by atoms with Gasteiger partial charge in [0.25, 0.3) is 0 Å². The molecule has 3 heteroatoms. The van der Waals surface area contributed by atoms with Crippen molar-refractivity contribution >= 4 is 5.97 Å². The fourth-order valence-electron chi connectivity index (χ4n) is 1.28. The average Bonchev–Trinajstić information content (AvgIpc) is 2.48. The van der Waals surface area contributed by atoms with E-state index >= 15 is 0 Å². The molecule has 0 saturated carbocycles. The summed E-state index contributed by atoms with van der Waals surface area (Å²) < 4.78 is 18.8. The van der Waals surface area contributed by atoms with Gasteiger partial charge < -0.3 is 4.74 Å². The molecule has 0 radical (unpaired) electrons. The van der Waals surface area contributed by atoms with Crippen molar-refractivity contribution in [3.8, 4) is 0 Å². The molecule has 126 valence electrons. The fourth-order valence-corrected chi connectivity index (χ4v) is 1.28. The zero-order valence-electron chi connectivity index (χ0n) is 14.3. The lowest BCUT2D eigenvalue weighted by molar-refractivity contribution is -0.134. The van der Waals surface area contributed by atoms with Crippen LogP contribution in [-0.2, 0) is 9.53 Å². The van der Waals surface area contributed by atoms with Crippen LogP contribution in [0.15, 0.2) is 109 Å². The van der Waals surface area contributed by atoms with Gasteiger partial charge in [0.1, 0.15) is 11.6 Å². The first-order valence-electron chi connectivity index (χ1n) is 7.07. The molecule has 2 nitrogen and oxygen atoms in total. The van der Waals surface area contributed by atoms with E-state index in [0.717, 1.165) is 5.57 Å². The van der Waals surface area contributed by atoms with Crippen LogP contribution in [0.1, 0.15) is 13.8 Å². The van der Waals surface area contributed by atoms with Crippen LogP contribution < -0.4 is 0 Å². The molecule has 0 heterocycles. The molecule has 0 saturated heterocycles. The van der Waals surface area contributed by atoms with E-state index < -0.39 is 11.8 Å². The van der Waals surface area contributed by atoms with Gasteiger partial charge in [0.2, 0.25) is 0 Å². The van der Waals surface area contributed by atoms with Crippen LogP contribution in [0.3, 0.4) is 0 Å². The maximum atomic E-state index is 13.8. The van der Waals surface area contributed by atoms with Gasteiger partial charge in [-0.1, -0.05) is 62.8 Å². The van der Waals surface area contributed by atoms with E-state index in [1.807, 2.05) is 0 Å². The van der Waals surface area contributed by atoms with E-state index in [9.17, 15) is 9.18 Å². The standard InChI is InChI=1S/C21H23FO2/c1-14(2)9-12-18(7)24-21(23)17(6)11-10-16(5)19(8)20(22)13-15(3)4/h9-13H,1,3,5-8H2,2,4H3/b11-10-,12-9-,20-13+. The molecule has 0 unspecified atom stereocenters. The van der Waals surface area contributed by atoms with Crippen molar-refractivity contribution in [1.29, 1.82) is 0 Å². The molecule has 0 aromatic heterocycles. The largest absolute Gasteiger partial charge is 0.424 e. The molecular weight excluding hydrogens is 303 g/mol. The summed E-state index contributed by atoms with van der Waals surface area (Å²) in [7, 11) is 0. The summed E-state index contributed by atoms with van der Waals surface area (Å²) in [6.45, 7) is 25.2. The number of hydrogen-bond donors (Lipinski definition) is 0. The highest BCUT2D eigenvalue weighted by atomic mass is 19.1. The van der Waals surface area contributed by atoms with Crippen LogP contribution in [0.25, 0.3) is 0 Å². The summed E-state index contributed by atoms with van der Waals surface area (Å²) in [5.74, 6) is -1.04. The van der Waals surface area contributed by atoms with Gasteiger partial charge in [-0.25, -0.2) is 9.18 Å². The lowest BCUT2D eigenvalue weighted by Crippen LogP contribution is -2.04. The molecule has 0 atom stereocenters. The molecule has 0 rings (SSSR count). The highest BCUT2D eigenvalue weighted by Gasteiger charge is 2.08. The number of esters is 1. The van der Waals surface area contributed by atoms with Crippen molar-refractivity contribution in [3.63, 3.8) is 0 Å². The summed E-state index contributed by atoms with van der Waals surface area (Å²) in [5.41, 5.74) is 1.83. The van der Waals surface area contributed by atoms with E-state index in [2.05, 4.69) is 39.5 Å². The summed E-state index contributed by atoms with van der Waals surface area (Å²) in [6, 6.07) is 0. The SMILES string of the molecule is C=C(C)/C=C\C(=C)OC(=O)C(=C)/C=C\C(=C)C(=C)/C(F)=C\C(=C)C. The summed E-state index contributed by atoms with van der Waals surface area (Å²) in [5, 5.41) is 0. The van der Waals surface area contributed by atoms with Crippen LogP contribution in [0, 0.1) is 0 Å². The number of rotatable bonds is 9. The molecule has 0 aromatic rings. The van der Waals surface area contributed by atoms with Gasteiger partial charge in [-0.2, -0.15) is 0 Å². The number of ether oxygens (including phenoxy) is 1. The first kappa shape index (κ1) is 21.1. The number of carbonyl (C=O) groups excluding carboxylic acids is 1. The van der Waals surface area contributed by atoms with E-state index in [-0.39, 0.29) is 16.9 Å². The molecule has 0 N–H and O–H groups in total. The van der Waals surface area contributed by atoms with Crippen molar-refractivity contribution in [3.05, 3.63) is 109 Å². The number of allylic oxidation sites excluding steroid dienone is 9. The fraction of sp³-hybridized carbons (Fsp3) is 0.0952. The summed E-state index contributed by atoms with van der Waals surface area (Å²) >= 11 is 0. The second-order valence-corrected chi connectivity index (χ2v) is 5.24. The Morgan fingerprint density at radius 2 is 1.38 bits per heavy atom. The highest BCUT2D eigenvalue weighted by molar-refractivity contribution is 5.91. The number of hydrogen-bond acceptors (Lipinski definition) is 2. The molecule has 0 aliphatic heterocycles.